The van der Waals surface area contributed by atoms with Crippen molar-refractivity contribution in [1.82, 2.24) is 14.7 Å². The predicted octanol–water partition coefficient (Wildman–Crippen LogP) is 3.20. The molecule has 6 nitrogen and oxygen atoms in total. The van der Waals surface area contributed by atoms with Gasteiger partial charge in [-0.2, -0.15) is 4.68 Å². The fraction of sp³-hybridized carbons (Fsp3) is 0.292. The summed E-state index contributed by atoms with van der Waals surface area (Å²) in [5, 5.41) is 4.58. The highest BCUT2D eigenvalue weighted by Crippen LogP contribution is 2.17. The van der Waals surface area contributed by atoms with Crippen molar-refractivity contribution in [3.8, 4) is 5.69 Å². The van der Waals surface area contributed by atoms with Gasteiger partial charge in [-0.25, -0.2) is 0 Å². The first-order valence-corrected chi connectivity index (χ1v) is 10.3. The lowest BCUT2D eigenvalue weighted by Crippen LogP contribution is -2.36. The molecule has 0 N–H and O–H groups in total. The molecule has 0 radical (unpaired) electrons. The topological polar surface area (TPSA) is 58.4 Å². The number of nitrogens with zero attached hydrogens (tertiary/aromatic N) is 4. The lowest BCUT2D eigenvalue weighted by molar-refractivity contribution is 0.0767. The normalized spacial score (nSPS) is 14.5. The van der Waals surface area contributed by atoms with Crippen molar-refractivity contribution in [2.24, 2.45) is 0 Å². The molecule has 2 aromatic carbocycles. The number of carbonyl (C=O) groups is 1. The summed E-state index contributed by atoms with van der Waals surface area (Å²) in [4.78, 5) is 29.3. The number of aryl methyl sites for hydroxylation is 2. The van der Waals surface area contributed by atoms with Crippen LogP contribution >= 0.6 is 0 Å². The van der Waals surface area contributed by atoms with Crippen LogP contribution in [0.5, 0.6) is 0 Å². The lowest BCUT2D eigenvalue weighted by atomic mass is 10.1. The zero-order valence-electron chi connectivity index (χ0n) is 17.4. The van der Waals surface area contributed by atoms with Gasteiger partial charge in [0.2, 0.25) is 0 Å². The Morgan fingerprint density at radius 2 is 1.67 bits per heavy atom. The first kappa shape index (κ1) is 19.9. The highest BCUT2D eigenvalue weighted by Gasteiger charge is 2.21. The Hall–Kier alpha value is -3.41. The Morgan fingerprint density at radius 1 is 0.867 bits per heavy atom. The highest BCUT2D eigenvalue weighted by molar-refractivity contribution is 5.94. The van der Waals surface area contributed by atoms with E-state index in [1.54, 1.807) is 12.1 Å². The number of amides is 1. The number of aromatic nitrogens is 2. The minimum Gasteiger partial charge on any atom is -0.353 e. The molecule has 1 aromatic heterocycles. The van der Waals surface area contributed by atoms with E-state index in [0.29, 0.717) is 19.6 Å². The first-order chi connectivity index (χ1) is 14.5. The number of rotatable bonds is 3. The van der Waals surface area contributed by atoms with Crippen molar-refractivity contribution in [3.05, 3.63) is 87.7 Å². The second-order valence-corrected chi connectivity index (χ2v) is 7.71. The molecule has 6 heteroatoms. The van der Waals surface area contributed by atoms with Crippen LogP contribution in [-0.4, -0.2) is 46.8 Å². The molecule has 30 heavy (non-hydrogen) atoms. The highest BCUT2D eigenvalue weighted by atomic mass is 16.2. The van der Waals surface area contributed by atoms with Crippen LogP contribution in [0.1, 0.15) is 27.9 Å². The molecule has 1 aliphatic heterocycles. The molecule has 4 rings (SSSR count). The summed E-state index contributed by atoms with van der Waals surface area (Å²) in [6, 6.07) is 18.6. The molecule has 0 saturated carbocycles. The maximum atomic E-state index is 13.0. The Bertz CT molecular complexity index is 1110. The average molecular weight is 402 g/mol. The molecule has 1 fully saturated rings. The van der Waals surface area contributed by atoms with Gasteiger partial charge >= 0.3 is 0 Å². The second-order valence-electron chi connectivity index (χ2n) is 7.71. The van der Waals surface area contributed by atoms with Gasteiger partial charge in [-0.1, -0.05) is 24.3 Å². The summed E-state index contributed by atoms with van der Waals surface area (Å²) in [7, 11) is 0. The van der Waals surface area contributed by atoms with Gasteiger partial charge in [0.1, 0.15) is 5.82 Å². The Morgan fingerprint density at radius 3 is 2.43 bits per heavy atom. The number of benzene rings is 2. The van der Waals surface area contributed by atoms with E-state index in [0.717, 1.165) is 35.6 Å². The molecule has 1 saturated heterocycles. The fourth-order valence-corrected chi connectivity index (χ4v) is 3.73. The quantitative estimate of drug-likeness (QED) is 0.675. The van der Waals surface area contributed by atoms with Crippen LogP contribution in [0.3, 0.4) is 0 Å². The Balaban J connectivity index is 1.51. The number of carbonyl (C=O) groups excluding carboxylic acids is 1. The largest absolute Gasteiger partial charge is 0.353 e. The predicted molar refractivity (Wildman–Crippen MR) is 118 cm³/mol. The van der Waals surface area contributed by atoms with Gasteiger partial charge in [0, 0.05) is 37.8 Å². The maximum Gasteiger partial charge on any atom is 0.271 e. The summed E-state index contributed by atoms with van der Waals surface area (Å²) in [5.74, 6) is 0.820. The van der Waals surface area contributed by atoms with Crippen LogP contribution in [0, 0.1) is 13.8 Å². The Labute approximate surface area is 176 Å². The molecule has 154 valence electrons. The van der Waals surface area contributed by atoms with Gasteiger partial charge in [0.15, 0.2) is 0 Å². The maximum absolute atomic E-state index is 13.0. The Kier molecular flexibility index (Phi) is 5.65. The summed E-state index contributed by atoms with van der Waals surface area (Å²) < 4.78 is 1.43. The molecule has 3 aromatic rings. The minimum absolute atomic E-state index is 0.0714. The zero-order chi connectivity index (χ0) is 21.1. The zero-order valence-corrected chi connectivity index (χ0v) is 17.4. The molecule has 0 spiro atoms. The summed E-state index contributed by atoms with van der Waals surface area (Å²) in [5.41, 5.74) is 3.64. The molecular weight excluding hydrogens is 376 g/mol. The van der Waals surface area contributed by atoms with Gasteiger partial charge in [-0.15, -0.1) is 5.10 Å². The number of hydrogen-bond acceptors (Lipinski definition) is 4. The van der Waals surface area contributed by atoms with Crippen LogP contribution in [0.15, 0.2) is 65.5 Å². The molecule has 0 unspecified atom stereocenters. The molecule has 0 atom stereocenters. The SMILES string of the molecule is Cc1ccc(C(=O)N2CCCN(c3ccc(=O)n(-c4ccccc4)n3)CC2)cc1C. The molecule has 1 amide bonds. The first-order valence-electron chi connectivity index (χ1n) is 10.3. The minimum atomic E-state index is -0.161. The summed E-state index contributed by atoms with van der Waals surface area (Å²) in [6.45, 7) is 6.88. The molecular formula is C24H26N4O2. The van der Waals surface area contributed by atoms with Crippen molar-refractivity contribution < 1.29 is 4.79 Å². The second kappa shape index (κ2) is 8.53. The van der Waals surface area contributed by atoms with E-state index < -0.39 is 0 Å². The molecule has 2 heterocycles. The van der Waals surface area contributed by atoms with Gasteiger partial charge < -0.3 is 9.80 Å². The van der Waals surface area contributed by atoms with E-state index in [1.165, 1.54) is 10.2 Å². The number of hydrogen-bond donors (Lipinski definition) is 0. The molecule has 0 aliphatic carbocycles. The molecule has 0 bridgehead atoms. The van der Waals surface area contributed by atoms with Crippen molar-refractivity contribution in [2.45, 2.75) is 20.3 Å². The standard InChI is InChI=1S/C24H26N4O2/c1-18-9-10-20(17-19(18)2)24(30)27-14-6-13-26(15-16-27)22-11-12-23(29)28(25-22)21-7-4-3-5-8-21/h3-5,7-12,17H,6,13-16H2,1-2H3. The van der Waals surface area contributed by atoms with E-state index in [-0.39, 0.29) is 11.5 Å². The van der Waals surface area contributed by atoms with E-state index in [9.17, 15) is 9.59 Å². The monoisotopic (exact) mass is 402 g/mol. The van der Waals surface area contributed by atoms with E-state index in [1.807, 2.05) is 60.4 Å². The van der Waals surface area contributed by atoms with E-state index in [4.69, 9.17) is 0 Å². The number of anilines is 1. The number of para-hydroxylation sites is 1. The third-order valence-electron chi connectivity index (χ3n) is 5.65. The van der Waals surface area contributed by atoms with Gasteiger partial charge in [0.05, 0.1) is 5.69 Å². The third-order valence-corrected chi connectivity index (χ3v) is 5.65. The lowest BCUT2D eigenvalue weighted by Gasteiger charge is -2.23. The van der Waals surface area contributed by atoms with Crippen molar-refractivity contribution >= 4 is 11.7 Å². The van der Waals surface area contributed by atoms with Crippen LogP contribution in [0.4, 0.5) is 5.82 Å². The van der Waals surface area contributed by atoms with E-state index in [2.05, 4.69) is 16.9 Å². The smallest absolute Gasteiger partial charge is 0.271 e. The van der Waals surface area contributed by atoms with Crippen LogP contribution in [-0.2, 0) is 0 Å². The molecule has 1 aliphatic rings. The van der Waals surface area contributed by atoms with Gasteiger partial charge in [-0.3, -0.25) is 9.59 Å². The van der Waals surface area contributed by atoms with Gasteiger partial charge in [-0.05, 0) is 61.7 Å². The average Bonchev–Trinajstić information content (AvgIpc) is 3.02. The van der Waals surface area contributed by atoms with Crippen LogP contribution < -0.4 is 10.5 Å². The van der Waals surface area contributed by atoms with Crippen molar-refractivity contribution in [2.75, 3.05) is 31.1 Å². The van der Waals surface area contributed by atoms with Crippen molar-refractivity contribution in [1.29, 1.82) is 0 Å². The van der Waals surface area contributed by atoms with Crippen molar-refractivity contribution in [3.63, 3.8) is 0 Å². The fourth-order valence-electron chi connectivity index (χ4n) is 3.73. The summed E-state index contributed by atoms with van der Waals surface area (Å²) in [6.07, 6.45) is 0.850. The van der Waals surface area contributed by atoms with E-state index >= 15 is 0 Å². The van der Waals surface area contributed by atoms with Crippen LogP contribution in [0.2, 0.25) is 0 Å². The summed E-state index contributed by atoms with van der Waals surface area (Å²) >= 11 is 0. The van der Waals surface area contributed by atoms with Gasteiger partial charge in [0.25, 0.3) is 11.5 Å². The van der Waals surface area contributed by atoms with Crippen LogP contribution in [0.25, 0.3) is 5.69 Å². The third kappa shape index (κ3) is 4.13.